The van der Waals surface area contributed by atoms with Crippen LogP contribution in [-0.4, -0.2) is 37.6 Å². The van der Waals surface area contributed by atoms with Crippen LogP contribution in [0.2, 0.25) is 0 Å². The summed E-state index contributed by atoms with van der Waals surface area (Å²) in [4.78, 5) is 2.68. The Morgan fingerprint density at radius 3 is 2.06 bits per heavy atom. The fraction of sp³-hybridized carbons (Fsp3) is 1.00. The standard InChI is InChI=1S/C14H30N2/c1-6-14(4,5)11-16-9-12(2)7-15-8-13(3)10-16/h12-13,15H,6-11H2,1-5H3. The zero-order valence-corrected chi connectivity index (χ0v) is 11.8. The molecule has 0 aromatic heterocycles. The van der Waals surface area contributed by atoms with Crippen molar-refractivity contribution >= 4 is 0 Å². The minimum atomic E-state index is 0.464. The molecule has 1 aliphatic rings. The van der Waals surface area contributed by atoms with Crippen LogP contribution in [0.1, 0.15) is 41.0 Å². The Hall–Kier alpha value is -0.0800. The monoisotopic (exact) mass is 226 g/mol. The zero-order valence-electron chi connectivity index (χ0n) is 11.8. The highest BCUT2D eigenvalue weighted by Gasteiger charge is 2.23. The van der Waals surface area contributed by atoms with Gasteiger partial charge in [-0.15, -0.1) is 0 Å². The summed E-state index contributed by atoms with van der Waals surface area (Å²) in [6.45, 7) is 17.9. The normalized spacial score (nSPS) is 29.8. The van der Waals surface area contributed by atoms with E-state index in [-0.39, 0.29) is 0 Å². The van der Waals surface area contributed by atoms with Gasteiger partial charge in [-0.3, -0.25) is 0 Å². The van der Waals surface area contributed by atoms with E-state index in [1.807, 2.05) is 0 Å². The van der Waals surface area contributed by atoms with Crippen molar-refractivity contribution in [2.24, 2.45) is 17.3 Å². The maximum absolute atomic E-state index is 3.56. The predicted molar refractivity (Wildman–Crippen MR) is 71.7 cm³/mol. The highest BCUT2D eigenvalue weighted by molar-refractivity contribution is 4.78. The molecule has 0 aromatic rings. The van der Waals surface area contributed by atoms with E-state index < -0.39 is 0 Å². The lowest BCUT2D eigenvalue weighted by molar-refractivity contribution is 0.126. The molecule has 0 aromatic carbocycles. The topological polar surface area (TPSA) is 15.3 Å². The Bertz CT molecular complexity index is 189. The van der Waals surface area contributed by atoms with Crippen LogP contribution in [-0.2, 0) is 0 Å². The molecule has 1 saturated heterocycles. The summed E-state index contributed by atoms with van der Waals surface area (Å²) in [5, 5.41) is 3.56. The van der Waals surface area contributed by atoms with E-state index in [9.17, 15) is 0 Å². The average Bonchev–Trinajstić information content (AvgIpc) is 2.14. The molecule has 0 amide bonds. The molecule has 1 aliphatic heterocycles. The summed E-state index contributed by atoms with van der Waals surface area (Å²) in [5.41, 5.74) is 0.464. The molecule has 2 heteroatoms. The second kappa shape index (κ2) is 6.02. The smallest absolute Gasteiger partial charge is 0.00328 e. The molecule has 2 atom stereocenters. The van der Waals surface area contributed by atoms with E-state index in [1.54, 1.807) is 0 Å². The third-order valence-corrected chi connectivity index (χ3v) is 3.73. The van der Waals surface area contributed by atoms with Crippen LogP contribution in [0.15, 0.2) is 0 Å². The van der Waals surface area contributed by atoms with Crippen LogP contribution >= 0.6 is 0 Å². The molecule has 1 N–H and O–H groups in total. The zero-order chi connectivity index (χ0) is 12.2. The van der Waals surface area contributed by atoms with Crippen molar-refractivity contribution in [3.05, 3.63) is 0 Å². The van der Waals surface area contributed by atoms with Crippen LogP contribution in [0.25, 0.3) is 0 Å². The van der Waals surface area contributed by atoms with Crippen molar-refractivity contribution in [3.8, 4) is 0 Å². The summed E-state index contributed by atoms with van der Waals surface area (Å²) in [5.74, 6) is 1.56. The van der Waals surface area contributed by atoms with E-state index in [0.717, 1.165) is 11.8 Å². The van der Waals surface area contributed by atoms with Crippen molar-refractivity contribution in [2.75, 3.05) is 32.7 Å². The maximum atomic E-state index is 3.56. The molecule has 1 heterocycles. The minimum absolute atomic E-state index is 0.464. The average molecular weight is 226 g/mol. The lowest BCUT2D eigenvalue weighted by atomic mass is 9.89. The van der Waals surface area contributed by atoms with E-state index in [0.29, 0.717) is 5.41 Å². The Morgan fingerprint density at radius 2 is 1.62 bits per heavy atom. The van der Waals surface area contributed by atoms with Gasteiger partial charge >= 0.3 is 0 Å². The first-order valence-electron chi connectivity index (χ1n) is 6.86. The summed E-state index contributed by atoms with van der Waals surface area (Å²) >= 11 is 0. The van der Waals surface area contributed by atoms with Gasteiger partial charge in [0.1, 0.15) is 0 Å². The number of nitrogens with zero attached hydrogens (tertiary/aromatic N) is 1. The van der Waals surface area contributed by atoms with E-state index in [1.165, 1.54) is 39.1 Å². The molecule has 0 spiro atoms. The number of hydrogen-bond acceptors (Lipinski definition) is 2. The molecule has 0 bridgehead atoms. The lowest BCUT2D eigenvalue weighted by Crippen LogP contribution is -2.45. The van der Waals surface area contributed by atoms with Crippen molar-refractivity contribution in [1.29, 1.82) is 0 Å². The van der Waals surface area contributed by atoms with Crippen LogP contribution in [0.4, 0.5) is 0 Å². The molecule has 1 fully saturated rings. The van der Waals surface area contributed by atoms with Crippen LogP contribution < -0.4 is 5.32 Å². The molecule has 2 nitrogen and oxygen atoms in total. The fourth-order valence-corrected chi connectivity index (χ4v) is 2.51. The molecule has 16 heavy (non-hydrogen) atoms. The second-order valence-electron chi connectivity index (χ2n) is 6.58. The third kappa shape index (κ3) is 4.84. The van der Waals surface area contributed by atoms with Crippen LogP contribution in [0.5, 0.6) is 0 Å². The molecule has 1 rings (SSSR count). The van der Waals surface area contributed by atoms with Gasteiger partial charge in [0.25, 0.3) is 0 Å². The minimum Gasteiger partial charge on any atom is -0.316 e. The quantitative estimate of drug-likeness (QED) is 0.796. The largest absolute Gasteiger partial charge is 0.316 e. The van der Waals surface area contributed by atoms with Crippen LogP contribution in [0, 0.1) is 17.3 Å². The van der Waals surface area contributed by atoms with Gasteiger partial charge in [0, 0.05) is 19.6 Å². The van der Waals surface area contributed by atoms with Gasteiger partial charge in [-0.25, -0.2) is 0 Å². The highest BCUT2D eigenvalue weighted by Crippen LogP contribution is 2.22. The Labute approximate surface area is 102 Å². The number of rotatable bonds is 3. The molecule has 96 valence electrons. The van der Waals surface area contributed by atoms with E-state index >= 15 is 0 Å². The number of nitrogens with one attached hydrogen (secondary N) is 1. The molecular formula is C14H30N2. The maximum Gasteiger partial charge on any atom is 0.00328 e. The Kier molecular flexibility index (Phi) is 5.26. The van der Waals surface area contributed by atoms with E-state index in [4.69, 9.17) is 0 Å². The first kappa shape index (κ1) is 14.0. The van der Waals surface area contributed by atoms with Gasteiger partial charge in [-0.05, 0) is 36.8 Å². The molecule has 0 saturated carbocycles. The summed E-state index contributed by atoms with van der Waals surface area (Å²) in [6, 6.07) is 0. The summed E-state index contributed by atoms with van der Waals surface area (Å²) in [7, 11) is 0. The van der Waals surface area contributed by atoms with Crippen molar-refractivity contribution in [1.82, 2.24) is 10.2 Å². The number of hydrogen-bond donors (Lipinski definition) is 1. The first-order chi connectivity index (χ1) is 7.43. The summed E-state index contributed by atoms with van der Waals surface area (Å²) in [6.07, 6.45) is 1.27. The van der Waals surface area contributed by atoms with Gasteiger partial charge < -0.3 is 10.2 Å². The third-order valence-electron chi connectivity index (χ3n) is 3.73. The van der Waals surface area contributed by atoms with Gasteiger partial charge in [0.2, 0.25) is 0 Å². The molecule has 0 radical (unpaired) electrons. The summed E-state index contributed by atoms with van der Waals surface area (Å²) < 4.78 is 0. The van der Waals surface area contributed by atoms with Crippen molar-refractivity contribution in [3.63, 3.8) is 0 Å². The molecular weight excluding hydrogens is 196 g/mol. The van der Waals surface area contributed by atoms with Gasteiger partial charge in [0.15, 0.2) is 0 Å². The van der Waals surface area contributed by atoms with E-state index in [2.05, 4.69) is 44.8 Å². The molecule has 2 unspecified atom stereocenters. The van der Waals surface area contributed by atoms with Crippen molar-refractivity contribution < 1.29 is 0 Å². The van der Waals surface area contributed by atoms with Gasteiger partial charge in [-0.2, -0.15) is 0 Å². The first-order valence-corrected chi connectivity index (χ1v) is 6.86. The Morgan fingerprint density at radius 1 is 1.12 bits per heavy atom. The Balaban J connectivity index is 2.53. The van der Waals surface area contributed by atoms with Gasteiger partial charge in [-0.1, -0.05) is 34.6 Å². The SMILES string of the molecule is CCC(C)(C)CN1CC(C)CNCC(C)C1. The van der Waals surface area contributed by atoms with Crippen molar-refractivity contribution in [2.45, 2.75) is 41.0 Å². The van der Waals surface area contributed by atoms with Gasteiger partial charge in [0.05, 0.1) is 0 Å². The molecule has 0 aliphatic carbocycles. The predicted octanol–water partition coefficient (Wildman–Crippen LogP) is 2.60. The highest BCUT2D eigenvalue weighted by atomic mass is 15.1. The lowest BCUT2D eigenvalue weighted by Gasteiger charge is -2.37. The second-order valence-corrected chi connectivity index (χ2v) is 6.58. The fourth-order valence-electron chi connectivity index (χ4n) is 2.51. The van der Waals surface area contributed by atoms with Crippen LogP contribution in [0.3, 0.4) is 0 Å².